The second-order valence-electron chi connectivity index (χ2n) is 5.59. The van der Waals surface area contributed by atoms with Crippen molar-refractivity contribution in [3.05, 3.63) is 29.8 Å². The lowest BCUT2D eigenvalue weighted by Crippen LogP contribution is -2.40. The van der Waals surface area contributed by atoms with E-state index in [1.807, 2.05) is 29.2 Å². The van der Waals surface area contributed by atoms with Gasteiger partial charge in [-0.1, -0.05) is 12.1 Å². The summed E-state index contributed by atoms with van der Waals surface area (Å²) in [7, 11) is 1.64. The van der Waals surface area contributed by atoms with Crippen LogP contribution in [-0.4, -0.2) is 53.4 Å². The van der Waals surface area contributed by atoms with Gasteiger partial charge in [0.1, 0.15) is 12.3 Å². The van der Waals surface area contributed by atoms with Crippen molar-refractivity contribution in [2.24, 2.45) is 0 Å². The van der Waals surface area contributed by atoms with E-state index in [2.05, 4.69) is 0 Å². The zero-order valence-corrected chi connectivity index (χ0v) is 13.5. The number of benzene rings is 1. The number of carbonyl (C=O) groups is 2. The van der Waals surface area contributed by atoms with Crippen LogP contribution in [0.25, 0.3) is 0 Å². The Hall–Kier alpha value is -1.69. The van der Waals surface area contributed by atoms with Crippen LogP contribution in [0.3, 0.4) is 0 Å². The molecule has 0 bridgehead atoms. The summed E-state index contributed by atoms with van der Waals surface area (Å²) in [6, 6.07) is 8.01. The lowest BCUT2D eigenvalue weighted by atomic mass is 10.0. The molecule has 0 aromatic heterocycles. The predicted molar refractivity (Wildman–Crippen MR) is 85.7 cm³/mol. The Morgan fingerprint density at radius 3 is 2.77 bits per heavy atom. The van der Waals surface area contributed by atoms with E-state index in [0.717, 1.165) is 30.7 Å². The number of rotatable bonds is 4. The molecule has 6 heteroatoms. The molecule has 0 saturated carbocycles. The monoisotopic (exact) mass is 320 g/mol. The predicted octanol–water partition coefficient (Wildman–Crippen LogP) is 1.89. The number of hydrogen-bond donors (Lipinski definition) is 0. The van der Waals surface area contributed by atoms with E-state index in [-0.39, 0.29) is 24.4 Å². The highest BCUT2D eigenvalue weighted by Gasteiger charge is 2.32. The summed E-state index contributed by atoms with van der Waals surface area (Å²) in [4.78, 5) is 27.8. The molecule has 1 unspecified atom stereocenters. The van der Waals surface area contributed by atoms with Crippen LogP contribution in [-0.2, 0) is 9.59 Å². The Labute approximate surface area is 134 Å². The van der Waals surface area contributed by atoms with E-state index in [1.165, 1.54) is 0 Å². The molecule has 22 heavy (non-hydrogen) atoms. The molecular formula is C16H20N2O3S. The smallest absolute Gasteiger partial charge is 0.242 e. The van der Waals surface area contributed by atoms with Gasteiger partial charge in [0, 0.05) is 6.54 Å². The molecule has 2 amide bonds. The van der Waals surface area contributed by atoms with E-state index in [9.17, 15) is 9.59 Å². The molecule has 1 atom stereocenters. The minimum absolute atomic E-state index is 0.0502. The van der Waals surface area contributed by atoms with Crippen LogP contribution >= 0.6 is 11.8 Å². The zero-order chi connectivity index (χ0) is 15.5. The average molecular weight is 320 g/mol. The third-order valence-corrected chi connectivity index (χ3v) is 5.17. The fourth-order valence-electron chi connectivity index (χ4n) is 3.03. The molecule has 3 rings (SSSR count). The van der Waals surface area contributed by atoms with E-state index < -0.39 is 0 Å². The minimum atomic E-state index is 0.0502. The van der Waals surface area contributed by atoms with Gasteiger partial charge in [0.25, 0.3) is 0 Å². The summed E-state index contributed by atoms with van der Waals surface area (Å²) in [6.07, 6.45) is 1.98. The standard InChI is InChI=1S/C16H20N2O3S/c1-21-13-6-4-12(5-7-13)14-3-2-8-18(14)15(19)9-17-11-22-10-16(17)20/h4-7,14H,2-3,8-11H2,1H3. The van der Waals surface area contributed by atoms with E-state index >= 15 is 0 Å². The number of thioether (sulfide) groups is 1. The Bertz CT molecular complexity index is 561. The maximum atomic E-state index is 12.6. The van der Waals surface area contributed by atoms with Crippen molar-refractivity contribution in [3.63, 3.8) is 0 Å². The molecule has 2 saturated heterocycles. The van der Waals surface area contributed by atoms with E-state index in [0.29, 0.717) is 11.6 Å². The summed E-state index contributed by atoms with van der Waals surface area (Å²) in [6.45, 7) is 0.975. The molecule has 0 aliphatic carbocycles. The highest BCUT2D eigenvalue weighted by molar-refractivity contribution is 8.00. The van der Waals surface area contributed by atoms with Crippen molar-refractivity contribution in [2.45, 2.75) is 18.9 Å². The van der Waals surface area contributed by atoms with E-state index in [4.69, 9.17) is 4.74 Å². The quantitative estimate of drug-likeness (QED) is 0.850. The van der Waals surface area contributed by atoms with Gasteiger partial charge in [-0.15, -0.1) is 11.8 Å². The SMILES string of the molecule is COc1ccc(C2CCCN2C(=O)CN2CSCC2=O)cc1. The van der Waals surface area contributed by atoms with Gasteiger partial charge in [-0.25, -0.2) is 0 Å². The molecule has 2 aliphatic heterocycles. The third kappa shape index (κ3) is 3.06. The van der Waals surface area contributed by atoms with Crippen molar-refractivity contribution in [3.8, 4) is 5.75 Å². The third-order valence-electron chi connectivity index (χ3n) is 4.23. The largest absolute Gasteiger partial charge is 0.497 e. The summed E-state index contributed by atoms with van der Waals surface area (Å²) < 4.78 is 5.18. The van der Waals surface area contributed by atoms with Crippen molar-refractivity contribution in [2.75, 3.05) is 31.8 Å². The number of hydrogen-bond acceptors (Lipinski definition) is 4. The zero-order valence-electron chi connectivity index (χ0n) is 12.7. The highest BCUT2D eigenvalue weighted by atomic mass is 32.2. The van der Waals surface area contributed by atoms with Crippen molar-refractivity contribution in [1.82, 2.24) is 9.80 Å². The molecule has 0 spiro atoms. The molecule has 2 aliphatic rings. The van der Waals surface area contributed by atoms with Crippen LogP contribution in [0, 0.1) is 0 Å². The van der Waals surface area contributed by atoms with Crippen LogP contribution in [0.5, 0.6) is 5.75 Å². The van der Waals surface area contributed by atoms with Gasteiger partial charge in [-0.05, 0) is 30.5 Å². The normalized spacial score (nSPS) is 21.5. The van der Waals surface area contributed by atoms with Gasteiger partial charge in [0.2, 0.25) is 11.8 Å². The Morgan fingerprint density at radius 1 is 1.36 bits per heavy atom. The molecule has 1 aromatic rings. The molecule has 5 nitrogen and oxygen atoms in total. The fraction of sp³-hybridized carbons (Fsp3) is 0.500. The molecule has 0 N–H and O–H groups in total. The maximum absolute atomic E-state index is 12.6. The van der Waals surface area contributed by atoms with Crippen LogP contribution in [0.15, 0.2) is 24.3 Å². The molecule has 2 heterocycles. The van der Waals surface area contributed by atoms with Crippen LogP contribution in [0.4, 0.5) is 0 Å². The van der Waals surface area contributed by atoms with Gasteiger partial charge in [-0.3, -0.25) is 9.59 Å². The first-order valence-corrected chi connectivity index (χ1v) is 8.63. The molecule has 118 valence electrons. The first-order valence-electron chi connectivity index (χ1n) is 7.48. The molecule has 0 radical (unpaired) electrons. The van der Waals surface area contributed by atoms with Gasteiger partial charge in [-0.2, -0.15) is 0 Å². The number of nitrogens with zero attached hydrogens (tertiary/aromatic N) is 2. The van der Waals surface area contributed by atoms with Crippen LogP contribution in [0.2, 0.25) is 0 Å². The summed E-state index contributed by atoms with van der Waals surface area (Å²) >= 11 is 1.57. The Kier molecular flexibility index (Phi) is 4.57. The van der Waals surface area contributed by atoms with Gasteiger partial charge < -0.3 is 14.5 Å². The number of amides is 2. The van der Waals surface area contributed by atoms with Crippen LogP contribution < -0.4 is 4.74 Å². The second kappa shape index (κ2) is 6.60. The maximum Gasteiger partial charge on any atom is 0.242 e. The Balaban J connectivity index is 1.69. The molecule has 1 aromatic carbocycles. The first-order chi connectivity index (χ1) is 10.7. The second-order valence-corrected chi connectivity index (χ2v) is 6.54. The van der Waals surface area contributed by atoms with Crippen LogP contribution in [0.1, 0.15) is 24.4 Å². The van der Waals surface area contributed by atoms with Crippen molar-refractivity contribution in [1.29, 1.82) is 0 Å². The topological polar surface area (TPSA) is 49.9 Å². The van der Waals surface area contributed by atoms with Gasteiger partial charge >= 0.3 is 0 Å². The number of likely N-dealkylation sites (tertiary alicyclic amines) is 1. The number of methoxy groups -OCH3 is 1. The number of ether oxygens (including phenoxy) is 1. The first kappa shape index (κ1) is 15.2. The lowest BCUT2D eigenvalue weighted by Gasteiger charge is -2.27. The minimum Gasteiger partial charge on any atom is -0.497 e. The molecular weight excluding hydrogens is 300 g/mol. The Morgan fingerprint density at radius 2 is 2.14 bits per heavy atom. The van der Waals surface area contributed by atoms with Crippen molar-refractivity contribution < 1.29 is 14.3 Å². The fourth-order valence-corrected chi connectivity index (χ4v) is 3.94. The van der Waals surface area contributed by atoms with Gasteiger partial charge in [0.15, 0.2) is 0 Å². The number of carbonyl (C=O) groups excluding carboxylic acids is 2. The van der Waals surface area contributed by atoms with E-state index in [1.54, 1.807) is 23.8 Å². The van der Waals surface area contributed by atoms with Gasteiger partial charge in [0.05, 0.1) is 24.8 Å². The lowest BCUT2D eigenvalue weighted by molar-refractivity contribution is -0.138. The summed E-state index contributed by atoms with van der Waals surface area (Å²) in [5, 5.41) is 0. The van der Waals surface area contributed by atoms with Crippen molar-refractivity contribution >= 4 is 23.6 Å². The summed E-state index contributed by atoms with van der Waals surface area (Å²) in [5.74, 6) is 2.06. The average Bonchev–Trinajstić information content (AvgIpc) is 3.17. The summed E-state index contributed by atoms with van der Waals surface area (Å²) in [5.41, 5.74) is 1.13. The molecule has 2 fully saturated rings. The highest BCUT2D eigenvalue weighted by Crippen LogP contribution is 2.33.